The summed E-state index contributed by atoms with van der Waals surface area (Å²) in [6.07, 6.45) is 2.91. The first-order valence-corrected chi connectivity index (χ1v) is 12.3. The smallest absolute Gasteiger partial charge is 0.314 e. The largest absolute Gasteiger partial charge is 0.481 e. The number of ether oxygens (including phenoxy) is 1. The molecule has 14 heteroatoms. The Morgan fingerprint density at radius 3 is 1.83 bits per heavy atom. The first kappa shape index (κ1) is 27.7. The number of carbonyl (C=O) groups is 3. The van der Waals surface area contributed by atoms with E-state index in [1.165, 1.54) is 0 Å². The van der Waals surface area contributed by atoms with Crippen molar-refractivity contribution < 1.29 is 49.0 Å². The predicted octanol–water partition coefficient (Wildman–Crippen LogP) is 2.08. The van der Waals surface area contributed by atoms with Crippen LogP contribution < -0.4 is 0 Å². The quantitative estimate of drug-likeness (QED) is 0.185. The minimum Gasteiger partial charge on any atom is -0.481 e. The predicted molar refractivity (Wildman–Crippen MR) is 118 cm³/mol. The molecule has 3 rings (SSSR count). The molecule has 0 aromatic carbocycles. The van der Waals surface area contributed by atoms with E-state index in [1.54, 1.807) is 0 Å². The molecule has 0 heterocycles. The summed E-state index contributed by atoms with van der Waals surface area (Å²) in [7, 11) is 0. The highest BCUT2D eigenvalue weighted by Crippen LogP contribution is 2.35. The monoisotopic (exact) mass is 516 g/mol. The van der Waals surface area contributed by atoms with Gasteiger partial charge in [0.2, 0.25) is 12.1 Å². The third-order valence-electron chi connectivity index (χ3n) is 7.67. The lowest BCUT2D eigenvalue weighted by Crippen LogP contribution is -2.46. The molecule has 0 aromatic heterocycles. The number of esters is 1. The Hall–Kier alpha value is -2.87. The van der Waals surface area contributed by atoms with Crippen molar-refractivity contribution in [1.29, 1.82) is 0 Å². The first-order valence-electron chi connectivity index (χ1n) is 12.3. The van der Waals surface area contributed by atoms with E-state index in [1.807, 2.05) is 0 Å². The third-order valence-corrected chi connectivity index (χ3v) is 7.67. The highest BCUT2D eigenvalue weighted by Gasteiger charge is 2.50. The summed E-state index contributed by atoms with van der Waals surface area (Å²) in [4.78, 5) is 67.9. The molecule has 202 valence electrons. The van der Waals surface area contributed by atoms with Gasteiger partial charge in [-0.05, 0) is 51.4 Å². The molecule has 0 radical (unpaired) electrons. The van der Waals surface area contributed by atoms with Gasteiger partial charge < -0.3 is 14.9 Å². The van der Waals surface area contributed by atoms with Crippen LogP contribution in [-0.4, -0.2) is 68.9 Å². The Balaban J connectivity index is 1.44. The number of nitro groups is 2. The zero-order valence-electron chi connectivity index (χ0n) is 19.8. The summed E-state index contributed by atoms with van der Waals surface area (Å²) in [6.45, 7) is -0.0773. The third kappa shape index (κ3) is 6.66. The van der Waals surface area contributed by atoms with Gasteiger partial charge in [0, 0.05) is 28.6 Å². The van der Waals surface area contributed by atoms with Crippen molar-refractivity contribution >= 4 is 17.9 Å². The van der Waals surface area contributed by atoms with Crippen molar-refractivity contribution in [2.75, 3.05) is 6.61 Å². The van der Waals surface area contributed by atoms with Crippen LogP contribution in [0.4, 0.5) is 0 Å². The Kier molecular flexibility index (Phi) is 9.54. The van der Waals surface area contributed by atoms with Crippen LogP contribution in [-0.2, 0) is 28.9 Å². The Labute approximate surface area is 206 Å². The summed E-state index contributed by atoms with van der Waals surface area (Å²) < 4.78 is 5.51. The first-order chi connectivity index (χ1) is 17.1. The molecule has 3 aliphatic carbocycles. The van der Waals surface area contributed by atoms with Gasteiger partial charge in [-0.15, -0.1) is 0 Å². The van der Waals surface area contributed by atoms with Crippen LogP contribution in [0.1, 0.15) is 64.2 Å². The molecule has 3 fully saturated rings. The number of carboxylic acid groups (broad SMARTS) is 2. The molecule has 0 aliphatic heterocycles. The molecule has 6 atom stereocenters. The van der Waals surface area contributed by atoms with Gasteiger partial charge in [0.25, 0.3) is 0 Å². The van der Waals surface area contributed by atoms with Crippen LogP contribution in [0.3, 0.4) is 0 Å². The average molecular weight is 517 g/mol. The number of hydrogen-bond donors (Lipinski definition) is 2. The minimum absolute atomic E-state index is 0.0773. The Bertz CT molecular complexity index is 843. The molecule has 0 spiro atoms. The van der Waals surface area contributed by atoms with Crippen LogP contribution in [0.5, 0.6) is 0 Å². The van der Waals surface area contributed by atoms with E-state index in [4.69, 9.17) is 14.5 Å². The van der Waals surface area contributed by atoms with E-state index in [2.05, 4.69) is 0 Å². The van der Waals surface area contributed by atoms with Crippen molar-refractivity contribution in [3.63, 3.8) is 0 Å². The molecule has 3 saturated carbocycles. The van der Waals surface area contributed by atoms with E-state index < -0.39 is 69.6 Å². The molecule has 0 saturated heterocycles. The normalized spacial score (nSPS) is 34.9. The number of carboxylic acids is 2. The van der Waals surface area contributed by atoms with Crippen molar-refractivity contribution in [3.05, 3.63) is 20.2 Å². The van der Waals surface area contributed by atoms with Gasteiger partial charge in [-0.1, -0.05) is 0 Å². The number of hydrogen-bond acceptors (Lipinski definition) is 10. The number of carbonyl (C=O) groups excluding carboxylic acids is 1. The molecule has 2 N–H and O–H groups in total. The molecule has 3 aliphatic rings. The highest BCUT2D eigenvalue weighted by atomic mass is 17.2. The second-order valence-electron chi connectivity index (χ2n) is 9.88. The standard InChI is InChI=1S/C22H32N2O12/c25-20(26)18-12(3-1-5-16(18)23(30)31)11-34-36-14-9-7-13(8-10-14)35-22(29)15-4-2-6-17(24(32)33)19(15)21(27)28/h12-19H,1-11H2,(H,25,26)(H,27,28). The molecular weight excluding hydrogens is 484 g/mol. The maximum absolute atomic E-state index is 12.7. The van der Waals surface area contributed by atoms with Crippen molar-refractivity contribution in [1.82, 2.24) is 0 Å². The van der Waals surface area contributed by atoms with Gasteiger partial charge in [-0.2, -0.15) is 0 Å². The van der Waals surface area contributed by atoms with Gasteiger partial charge in [-0.25, -0.2) is 9.78 Å². The summed E-state index contributed by atoms with van der Waals surface area (Å²) in [5.74, 6) is -7.49. The molecule has 0 amide bonds. The highest BCUT2D eigenvalue weighted by molar-refractivity contribution is 5.82. The summed E-state index contributed by atoms with van der Waals surface area (Å²) in [5.41, 5.74) is 0. The zero-order chi connectivity index (χ0) is 26.4. The van der Waals surface area contributed by atoms with E-state index in [9.17, 15) is 44.8 Å². The summed E-state index contributed by atoms with van der Waals surface area (Å²) >= 11 is 0. The lowest BCUT2D eigenvalue weighted by Gasteiger charge is -2.33. The molecule has 0 bridgehead atoms. The van der Waals surface area contributed by atoms with E-state index in [0.717, 1.165) is 0 Å². The summed E-state index contributed by atoms with van der Waals surface area (Å²) in [6, 6.07) is -2.47. The van der Waals surface area contributed by atoms with Crippen molar-refractivity contribution in [2.24, 2.45) is 23.7 Å². The fourth-order valence-electron chi connectivity index (χ4n) is 5.78. The maximum Gasteiger partial charge on any atom is 0.314 e. The SMILES string of the molecule is O=C(OC1CCC(OOCC2CCCC([N+](=O)[O-])C2C(=O)O)CC1)C1CCCC([N+](=O)[O-])C1C(=O)O. The van der Waals surface area contributed by atoms with Gasteiger partial charge in [-0.3, -0.25) is 34.6 Å². The van der Waals surface area contributed by atoms with Crippen LogP contribution in [0.2, 0.25) is 0 Å². The molecule has 0 aromatic rings. The maximum atomic E-state index is 12.7. The van der Waals surface area contributed by atoms with E-state index >= 15 is 0 Å². The van der Waals surface area contributed by atoms with Crippen molar-refractivity contribution in [2.45, 2.75) is 88.5 Å². The molecule has 6 unspecified atom stereocenters. The van der Waals surface area contributed by atoms with E-state index in [0.29, 0.717) is 44.9 Å². The molecular formula is C22H32N2O12. The van der Waals surface area contributed by atoms with Crippen LogP contribution in [0, 0.1) is 43.9 Å². The zero-order valence-corrected chi connectivity index (χ0v) is 19.8. The molecule has 36 heavy (non-hydrogen) atoms. The van der Waals surface area contributed by atoms with Crippen LogP contribution in [0.15, 0.2) is 0 Å². The van der Waals surface area contributed by atoms with Gasteiger partial charge in [0.05, 0.1) is 18.6 Å². The fourth-order valence-corrected chi connectivity index (χ4v) is 5.78. The van der Waals surface area contributed by atoms with Gasteiger partial charge in [0.1, 0.15) is 17.9 Å². The topological polar surface area (TPSA) is 206 Å². The van der Waals surface area contributed by atoms with Gasteiger partial charge >= 0.3 is 17.9 Å². The van der Waals surface area contributed by atoms with Crippen molar-refractivity contribution in [3.8, 4) is 0 Å². The second kappa shape index (κ2) is 12.4. The minimum atomic E-state index is -1.42. The second-order valence-corrected chi connectivity index (χ2v) is 9.88. The van der Waals surface area contributed by atoms with E-state index in [-0.39, 0.29) is 32.0 Å². The van der Waals surface area contributed by atoms with Crippen LogP contribution >= 0.6 is 0 Å². The fraction of sp³-hybridized carbons (Fsp3) is 0.864. The summed E-state index contributed by atoms with van der Waals surface area (Å²) in [5, 5.41) is 41.4. The number of nitrogens with zero attached hydrogens (tertiary/aromatic N) is 2. The van der Waals surface area contributed by atoms with Gasteiger partial charge in [0.15, 0.2) is 0 Å². The Morgan fingerprint density at radius 2 is 1.28 bits per heavy atom. The molecule has 14 nitrogen and oxygen atoms in total. The number of rotatable bonds is 10. The number of aliphatic carboxylic acids is 2. The Morgan fingerprint density at radius 1 is 0.750 bits per heavy atom. The lowest BCUT2D eigenvalue weighted by atomic mass is 9.76. The lowest BCUT2D eigenvalue weighted by molar-refractivity contribution is -0.536. The average Bonchev–Trinajstić information content (AvgIpc) is 2.84. The van der Waals surface area contributed by atoms with Crippen LogP contribution in [0.25, 0.3) is 0 Å².